The predicted octanol–water partition coefficient (Wildman–Crippen LogP) is 3.71. The molecule has 0 aliphatic heterocycles. The molecule has 0 aromatic heterocycles. The van der Waals surface area contributed by atoms with E-state index in [0.29, 0.717) is 0 Å². The van der Waals surface area contributed by atoms with Gasteiger partial charge in [-0.2, -0.15) is 0 Å². The van der Waals surface area contributed by atoms with Crippen molar-refractivity contribution < 1.29 is 4.74 Å². The number of rotatable bonds is 9. The van der Waals surface area contributed by atoms with Crippen molar-refractivity contribution in [2.24, 2.45) is 0 Å². The number of benzene rings is 1. The third-order valence-electron chi connectivity index (χ3n) is 3.45. The van der Waals surface area contributed by atoms with Crippen LogP contribution in [-0.4, -0.2) is 18.7 Å². The van der Waals surface area contributed by atoms with Crippen LogP contribution in [0.5, 0.6) is 5.75 Å². The second kappa shape index (κ2) is 7.34. The zero-order valence-corrected chi connectivity index (χ0v) is 11.9. The van der Waals surface area contributed by atoms with Crippen molar-refractivity contribution >= 4 is 0 Å². The molecule has 1 atom stereocenters. The number of allylic oxidation sites excluding steroid dienone is 1. The van der Waals surface area contributed by atoms with Gasteiger partial charge in [0, 0.05) is 12.6 Å². The molecule has 0 saturated heterocycles. The molecule has 1 aromatic carbocycles. The first-order valence-corrected chi connectivity index (χ1v) is 7.42. The largest absolute Gasteiger partial charge is 0.489 e. The molecule has 0 bridgehead atoms. The van der Waals surface area contributed by atoms with E-state index in [2.05, 4.69) is 37.0 Å². The molecule has 1 fully saturated rings. The van der Waals surface area contributed by atoms with Gasteiger partial charge in [0.2, 0.25) is 0 Å². The normalized spacial score (nSPS) is 16.1. The van der Waals surface area contributed by atoms with Crippen molar-refractivity contribution in [1.82, 2.24) is 5.32 Å². The van der Waals surface area contributed by atoms with Gasteiger partial charge in [0.25, 0.3) is 0 Å². The molecule has 1 saturated carbocycles. The molecule has 1 aliphatic carbocycles. The maximum Gasteiger partial charge on any atom is 0.123 e. The first-order valence-electron chi connectivity index (χ1n) is 7.42. The topological polar surface area (TPSA) is 21.3 Å². The van der Waals surface area contributed by atoms with Crippen LogP contribution < -0.4 is 10.1 Å². The molecular weight excluding hydrogens is 234 g/mol. The monoisotopic (exact) mass is 259 g/mol. The van der Waals surface area contributed by atoms with Crippen molar-refractivity contribution in [3.05, 3.63) is 42.5 Å². The van der Waals surface area contributed by atoms with Crippen LogP contribution in [0.2, 0.25) is 0 Å². The molecule has 0 amide bonds. The Kier molecular flexibility index (Phi) is 5.46. The molecule has 1 aromatic rings. The molecule has 1 N–H and O–H groups in total. The smallest absolute Gasteiger partial charge is 0.123 e. The summed E-state index contributed by atoms with van der Waals surface area (Å²) in [5.41, 5.74) is 1.23. The summed E-state index contributed by atoms with van der Waals surface area (Å²) in [6.07, 6.45) is 7.97. The molecule has 1 aliphatic rings. The number of hydrogen-bond donors (Lipinski definition) is 1. The van der Waals surface area contributed by atoms with Crippen molar-refractivity contribution in [1.29, 1.82) is 0 Å². The second-order valence-electron chi connectivity index (χ2n) is 5.31. The molecule has 19 heavy (non-hydrogen) atoms. The SMILES string of the molecule is C=CCc1ccccc1OC(CCC)CNC1CC1. The molecule has 0 radical (unpaired) electrons. The summed E-state index contributed by atoms with van der Waals surface area (Å²) in [5, 5.41) is 3.57. The minimum absolute atomic E-state index is 0.275. The van der Waals surface area contributed by atoms with Crippen molar-refractivity contribution in [3.63, 3.8) is 0 Å². The lowest BCUT2D eigenvalue weighted by Crippen LogP contribution is -2.32. The Hall–Kier alpha value is -1.28. The van der Waals surface area contributed by atoms with Gasteiger partial charge in [0.05, 0.1) is 0 Å². The average molecular weight is 259 g/mol. The molecule has 104 valence electrons. The van der Waals surface area contributed by atoms with Crippen LogP contribution in [0.3, 0.4) is 0 Å². The Morgan fingerprint density at radius 3 is 2.89 bits per heavy atom. The molecule has 0 spiro atoms. The summed E-state index contributed by atoms with van der Waals surface area (Å²) >= 11 is 0. The van der Waals surface area contributed by atoms with Crippen molar-refractivity contribution in [2.75, 3.05) is 6.54 Å². The minimum atomic E-state index is 0.275. The van der Waals surface area contributed by atoms with Crippen molar-refractivity contribution in [3.8, 4) is 5.75 Å². The summed E-state index contributed by atoms with van der Waals surface area (Å²) in [5.74, 6) is 1.01. The van der Waals surface area contributed by atoms with E-state index in [1.165, 1.54) is 18.4 Å². The highest BCUT2D eigenvalue weighted by Crippen LogP contribution is 2.22. The fourth-order valence-electron chi connectivity index (χ4n) is 2.23. The first-order chi connectivity index (χ1) is 9.33. The van der Waals surface area contributed by atoms with Gasteiger partial charge in [-0.05, 0) is 37.3 Å². The number of nitrogens with one attached hydrogen (secondary N) is 1. The summed E-state index contributed by atoms with van der Waals surface area (Å²) in [6, 6.07) is 9.03. The van der Waals surface area contributed by atoms with E-state index in [9.17, 15) is 0 Å². The molecular formula is C17H25NO. The predicted molar refractivity (Wildman–Crippen MR) is 80.7 cm³/mol. The van der Waals surface area contributed by atoms with E-state index in [1.54, 1.807) is 0 Å². The zero-order chi connectivity index (χ0) is 13.5. The van der Waals surface area contributed by atoms with Crippen LogP contribution in [-0.2, 0) is 6.42 Å². The highest BCUT2D eigenvalue weighted by Gasteiger charge is 2.22. The highest BCUT2D eigenvalue weighted by atomic mass is 16.5. The maximum absolute atomic E-state index is 6.21. The molecule has 0 heterocycles. The molecule has 2 heteroatoms. The lowest BCUT2D eigenvalue weighted by Gasteiger charge is -2.21. The highest BCUT2D eigenvalue weighted by molar-refractivity contribution is 5.34. The number of para-hydroxylation sites is 1. The van der Waals surface area contributed by atoms with Gasteiger partial charge in [-0.1, -0.05) is 37.6 Å². The van der Waals surface area contributed by atoms with Crippen LogP contribution in [0.1, 0.15) is 38.2 Å². The third-order valence-corrected chi connectivity index (χ3v) is 3.45. The Labute approximate surface area is 116 Å². The van der Waals surface area contributed by atoms with Crippen molar-refractivity contribution in [2.45, 2.75) is 51.2 Å². The summed E-state index contributed by atoms with van der Waals surface area (Å²) in [6.45, 7) is 6.98. The van der Waals surface area contributed by atoms with E-state index >= 15 is 0 Å². The van der Waals surface area contributed by atoms with E-state index in [-0.39, 0.29) is 6.10 Å². The minimum Gasteiger partial charge on any atom is -0.489 e. The number of hydrogen-bond acceptors (Lipinski definition) is 2. The van der Waals surface area contributed by atoms with E-state index in [4.69, 9.17) is 4.74 Å². The quantitative estimate of drug-likeness (QED) is 0.683. The van der Waals surface area contributed by atoms with Gasteiger partial charge in [-0.15, -0.1) is 6.58 Å². The van der Waals surface area contributed by atoms with Gasteiger partial charge in [0.1, 0.15) is 11.9 Å². The lowest BCUT2D eigenvalue weighted by molar-refractivity contribution is 0.184. The molecule has 2 rings (SSSR count). The third kappa shape index (κ3) is 4.71. The van der Waals surface area contributed by atoms with Gasteiger partial charge < -0.3 is 10.1 Å². The standard InChI is InChI=1S/C17H25NO/c1-3-7-14-9-5-6-10-17(14)19-16(8-4-2)13-18-15-11-12-15/h3,5-6,9-10,15-16,18H,1,4,7-8,11-13H2,2H3. The Balaban J connectivity index is 1.95. The van der Waals surface area contributed by atoms with Crippen LogP contribution >= 0.6 is 0 Å². The Morgan fingerprint density at radius 2 is 2.21 bits per heavy atom. The second-order valence-corrected chi connectivity index (χ2v) is 5.31. The molecule has 1 unspecified atom stereocenters. The zero-order valence-electron chi connectivity index (χ0n) is 11.9. The van der Waals surface area contributed by atoms with Crippen LogP contribution in [0.15, 0.2) is 36.9 Å². The summed E-state index contributed by atoms with van der Waals surface area (Å²) in [4.78, 5) is 0. The van der Waals surface area contributed by atoms with Gasteiger partial charge in [0.15, 0.2) is 0 Å². The Morgan fingerprint density at radius 1 is 1.42 bits per heavy atom. The van der Waals surface area contributed by atoms with E-state index in [1.807, 2.05) is 12.1 Å². The fraction of sp³-hybridized carbons (Fsp3) is 0.529. The fourth-order valence-corrected chi connectivity index (χ4v) is 2.23. The van der Waals surface area contributed by atoms with Crippen LogP contribution in [0.4, 0.5) is 0 Å². The average Bonchev–Trinajstić information content (AvgIpc) is 3.23. The van der Waals surface area contributed by atoms with Gasteiger partial charge in [-0.25, -0.2) is 0 Å². The molecule has 2 nitrogen and oxygen atoms in total. The van der Waals surface area contributed by atoms with Gasteiger partial charge >= 0.3 is 0 Å². The summed E-state index contributed by atoms with van der Waals surface area (Å²) < 4.78 is 6.21. The Bertz CT molecular complexity index is 398. The van der Waals surface area contributed by atoms with Crippen LogP contribution in [0.25, 0.3) is 0 Å². The number of ether oxygens (including phenoxy) is 1. The van der Waals surface area contributed by atoms with E-state index < -0.39 is 0 Å². The van der Waals surface area contributed by atoms with E-state index in [0.717, 1.165) is 37.6 Å². The summed E-state index contributed by atoms with van der Waals surface area (Å²) in [7, 11) is 0. The first kappa shape index (κ1) is 14.1. The lowest BCUT2D eigenvalue weighted by atomic mass is 10.1. The van der Waals surface area contributed by atoms with Crippen LogP contribution in [0, 0.1) is 0 Å². The maximum atomic E-state index is 6.21. The van der Waals surface area contributed by atoms with Gasteiger partial charge in [-0.3, -0.25) is 0 Å².